The van der Waals surface area contributed by atoms with E-state index in [0.717, 1.165) is 4.88 Å². The second kappa shape index (κ2) is 9.10. The second-order valence-electron chi connectivity index (χ2n) is 6.10. The molecule has 0 aliphatic rings. The van der Waals surface area contributed by atoms with Crippen molar-refractivity contribution in [3.8, 4) is 0 Å². The summed E-state index contributed by atoms with van der Waals surface area (Å²) in [6.07, 6.45) is -1.07. The van der Waals surface area contributed by atoms with E-state index in [1.165, 1.54) is 11.3 Å². The number of rotatable bonds is 7. The third-order valence-corrected chi connectivity index (χ3v) is 5.00. The lowest BCUT2D eigenvalue weighted by Gasteiger charge is -2.17. The molecule has 0 aliphatic heterocycles. The Morgan fingerprint density at radius 1 is 0.929 bits per heavy atom. The van der Waals surface area contributed by atoms with Crippen LogP contribution in [-0.4, -0.2) is 24.2 Å². The molecule has 28 heavy (non-hydrogen) atoms. The van der Waals surface area contributed by atoms with Crippen molar-refractivity contribution < 1.29 is 19.1 Å². The number of Topliss-reactive ketones (excluding diaryl/α,β-unsaturated/α-hetero) is 1. The van der Waals surface area contributed by atoms with Gasteiger partial charge in [-0.15, -0.1) is 11.3 Å². The van der Waals surface area contributed by atoms with Gasteiger partial charge in [0.05, 0.1) is 4.88 Å². The summed E-state index contributed by atoms with van der Waals surface area (Å²) in [6, 6.07) is 21.0. The van der Waals surface area contributed by atoms with Gasteiger partial charge in [-0.25, -0.2) is 0 Å². The van der Waals surface area contributed by atoms with E-state index in [1.54, 1.807) is 54.6 Å². The molecule has 5 nitrogen and oxygen atoms in total. The van der Waals surface area contributed by atoms with Crippen LogP contribution < -0.4 is 5.32 Å². The van der Waals surface area contributed by atoms with E-state index in [4.69, 9.17) is 4.74 Å². The van der Waals surface area contributed by atoms with Gasteiger partial charge >= 0.3 is 5.97 Å². The Balaban J connectivity index is 1.69. The van der Waals surface area contributed by atoms with Gasteiger partial charge in [0.25, 0.3) is 5.91 Å². The predicted octanol–water partition coefficient (Wildman–Crippen LogP) is 3.95. The number of nitrogens with one attached hydrogen (secondary N) is 1. The first-order chi connectivity index (χ1) is 13.5. The molecule has 0 aliphatic carbocycles. The second-order valence-corrected chi connectivity index (χ2v) is 7.39. The quantitative estimate of drug-likeness (QED) is 0.487. The summed E-state index contributed by atoms with van der Waals surface area (Å²) in [5, 5.41) is 2.53. The molecule has 0 saturated carbocycles. The zero-order valence-corrected chi connectivity index (χ0v) is 16.1. The summed E-state index contributed by atoms with van der Waals surface area (Å²) in [5.41, 5.74) is 1.02. The van der Waals surface area contributed by atoms with E-state index >= 15 is 0 Å². The highest BCUT2D eigenvalue weighted by Gasteiger charge is 2.26. The average Bonchev–Trinajstić information content (AvgIpc) is 3.17. The number of ketones is 1. The van der Waals surface area contributed by atoms with Gasteiger partial charge in [0.15, 0.2) is 6.10 Å². The smallest absolute Gasteiger partial charge is 0.326 e. The number of amides is 1. The van der Waals surface area contributed by atoms with Crippen molar-refractivity contribution in [3.63, 3.8) is 0 Å². The minimum Gasteiger partial charge on any atom is -0.448 e. The minimum absolute atomic E-state index is 0.318. The van der Waals surface area contributed by atoms with Crippen LogP contribution in [0.5, 0.6) is 0 Å². The molecule has 0 radical (unpaired) electrons. The molecule has 1 atom stereocenters. The standard InChI is InChI=1S/C22H19NO4S/c1-15-12-13-18(28-15)22(26)23-14-19(24)27-21(17-10-6-3-7-11-17)20(25)16-8-4-2-5-9-16/h2-13,21H,14H2,1H3,(H,23,26). The summed E-state index contributed by atoms with van der Waals surface area (Å²) in [4.78, 5) is 38.8. The topological polar surface area (TPSA) is 72.5 Å². The number of esters is 1. The first-order valence-corrected chi connectivity index (χ1v) is 9.54. The molecule has 1 unspecified atom stereocenters. The summed E-state index contributed by atoms with van der Waals surface area (Å²) in [5.74, 6) is -1.35. The average molecular weight is 393 g/mol. The number of hydrogen-bond acceptors (Lipinski definition) is 5. The molecule has 142 valence electrons. The van der Waals surface area contributed by atoms with E-state index in [9.17, 15) is 14.4 Å². The number of carbonyl (C=O) groups excluding carboxylic acids is 3. The van der Waals surface area contributed by atoms with Crippen LogP contribution in [0.4, 0.5) is 0 Å². The van der Waals surface area contributed by atoms with Crippen molar-refractivity contribution in [1.29, 1.82) is 0 Å². The Bertz CT molecular complexity index is 966. The maximum Gasteiger partial charge on any atom is 0.326 e. The number of hydrogen-bond donors (Lipinski definition) is 1. The van der Waals surface area contributed by atoms with Crippen LogP contribution in [0.15, 0.2) is 72.8 Å². The number of ether oxygens (including phenoxy) is 1. The van der Waals surface area contributed by atoms with Crippen LogP contribution >= 0.6 is 11.3 Å². The van der Waals surface area contributed by atoms with Gasteiger partial charge in [-0.3, -0.25) is 14.4 Å². The zero-order chi connectivity index (χ0) is 19.9. The lowest BCUT2D eigenvalue weighted by atomic mass is 10.00. The summed E-state index contributed by atoms with van der Waals surface area (Å²) in [7, 11) is 0. The first-order valence-electron chi connectivity index (χ1n) is 8.73. The minimum atomic E-state index is -1.07. The molecule has 3 rings (SSSR count). The number of thiophene rings is 1. The Morgan fingerprint density at radius 3 is 2.18 bits per heavy atom. The van der Waals surface area contributed by atoms with Crippen LogP contribution in [0.25, 0.3) is 0 Å². The van der Waals surface area contributed by atoms with Gasteiger partial charge in [0.1, 0.15) is 6.54 Å². The predicted molar refractivity (Wildman–Crippen MR) is 107 cm³/mol. The highest BCUT2D eigenvalue weighted by molar-refractivity contribution is 7.13. The van der Waals surface area contributed by atoms with E-state index in [2.05, 4.69) is 5.32 Å². The number of carbonyl (C=O) groups is 3. The zero-order valence-electron chi connectivity index (χ0n) is 15.3. The molecule has 2 aromatic carbocycles. The van der Waals surface area contributed by atoms with Crippen LogP contribution in [0.3, 0.4) is 0 Å². The molecule has 3 aromatic rings. The third-order valence-electron chi connectivity index (χ3n) is 4.01. The van der Waals surface area contributed by atoms with Crippen molar-refractivity contribution in [2.45, 2.75) is 13.0 Å². The molecule has 1 N–H and O–H groups in total. The highest BCUT2D eigenvalue weighted by atomic mass is 32.1. The summed E-state index contributed by atoms with van der Waals surface area (Å²) >= 11 is 1.34. The molecule has 1 aromatic heterocycles. The molecule has 0 spiro atoms. The Morgan fingerprint density at radius 2 is 1.57 bits per heavy atom. The van der Waals surface area contributed by atoms with E-state index in [1.807, 2.05) is 25.1 Å². The van der Waals surface area contributed by atoms with Crippen LogP contribution in [0.1, 0.15) is 36.6 Å². The SMILES string of the molecule is Cc1ccc(C(=O)NCC(=O)OC(C(=O)c2ccccc2)c2ccccc2)s1. The van der Waals surface area contributed by atoms with E-state index in [-0.39, 0.29) is 18.2 Å². The lowest BCUT2D eigenvalue weighted by molar-refractivity contribution is -0.146. The largest absolute Gasteiger partial charge is 0.448 e. The summed E-state index contributed by atoms with van der Waals surface area (Å²) < 4.78 is 5.44. The summed E-state index contributed by atoms with van der Waals surface area (Å²) in [6.45, 7) is 1.58. The fourth-order valence-corrected chi connectivity index (χ4v) is 3.41. The van der Waals surface area contributed by atoms with Crippen molar-refractivity contribution in [2.24, 2.45) is 0 Å². The molecular formula is C22H19NO4S. The van der Waals surface area contributed by atoms with Gasteiger partial charge in [-0.1, -0.05) is 60.7 Å². The van der Waals surface area contributed by atoms with Gasteiger partial charge in [-0.05, 0) is 19.1 Å². The molecular weight excluding hydrogens is 374 g/mol. The Labute approximate surface area is 167 Å². The monoisotopic (exact) mass is 393 g/mol. The van der Waals surface area contributed by atoms with Crippen molar-refractivity contribution in [3.05, 3.63) is 93.7 Å². The van der Waals surface area contributed by atoms with Crippen molar-refractivity contribution in [1.82, 2.24) is 5.32 Å². The number of benzene rings is 2. The molecule has 0 saturated heterocycles. The molecule has 0 bridgehead atoms. The molecule has 1 amide bonds. The van der Waals surface area contributed by atoms with Gasteiger partial charge in [-0.2, -0.15) is 0 Å². The first kappa shape index (κ1) is 19.5. The molecule has 1 heterocycles. The van der Waals surface area contributed by atoms with Gasteiger partial charge < -0.3 is 10.1 Å². The van der Waals surface area contributed by atoms with Crippen molar-refractivity contribution in [2.75, 3.05) is 6.54 Å². The van der Waals surface area contributed by atoms with Crippen molar-refractivity contribution >= 4 is 29.0 Å². The normalized spacial score (nSPS) is 11.5. The van der Waals surface area contributed by atoms with Crippen LogP contribution in [0.2, 0.25) is 0 Å². The lowest BCUT2D eigenvalue weighted by Crippen LogP contribution is -2.32. The highest BCUT2D eigenvalue weighted by Crippen LogP contribution is 2.22. The van der Waals surface area contributed by atoms with E-state index in [0.29, 0.717) is 16.0 Å². The maximum atomic E-state index is 12.9. The van der Waals surface area contributed by atoms with Gasteiger partial charge in [0.2, 0.25) is 5.78 Å². The maximum absolute atomic E-state index is 12.9. The molecule has 6 heteroatoms. The van der Waals surface area contributed by atoms with Gasteiger partial charge in [0, 0.05) is 16.0 Å². The van der Waals surface area contributed by atoms with E-state index < -0.39 is 12.1 Å². The number of aryl methyl sites for hydroxylation is 1. The Kier molecular flexibility index (Phi) is 6.34. The Hall–Kier alpha value is -3.25. The third kappa shape index (κ3) is 4.92. The molecule has 0 fully saturated rings. The fourth-order valence-electron chi connectivity index (χ4n) is 2.62. The van der Waals surface area contributed by atoms with Crippen LogP contribution in [0, 0.1) is 6.92 Å². The fraction of sp³-hybridized carbons (Fsp3) is 0.136. The van der Waals surface area contributed by atoms with Crippen LogP contribution in [-0.2, 0) is 9.53 Å².